The van der Waals surface area contributed by atoms with Crippen LogP contribution >= 0.6 is 11.6 Å². The summed E-state index contributed by atoms with van der Waals surface area (Å²) in [5.41, 5.74) is -8.97. The molecule has 234 valence electrons. The van der Waals surface area contributed by atoms with Crippen LogP contribution < -0.4 is 10.1 Å². The summed E-state index contributed by atoms with van der Waals surface area (Å²) in [6.07, 6.45) is -10.2. The molecular formula is C29H23ClF7N3O4. The molecule has 4 aromatic rings. The van der Waals surface area contributed by atoms with Crippen LogP contribution in [0.2, 0.25) is 5.02 Å². The van der Waals surface area contributed by atoms with Crippen molar-refractivity contribution >= 4 is 28.4 Å². The second kappa shape index (κ2) is 11.5. The fraction of sp³-hybridized carbons (Fsp3) is 0.276. The number of fused-ring (bicyclic) bond motifs is 1. The molecule has 0 spiro atoms. The lowest BCUT2D eigenvalue weighted by molar-refractivity contribution is -0.265. The van der Waals surface area contributed by atoms with Crippen molar-refractivity contribution in [3.05, 3.63) is 88.0 Å². The summed E-state index contributed by atoms with van der Waals surface area (Å²) in [5, 5.41) is 23.5. The van der Waals surface area contributed by atoms with Gasteiger partial charge in [0.25, 0.3) is 5.91 Å². The Kier molecular flexibility index (Phi) is 8.59. The number of hydrogen-bond acceptors (Lipinski definition) is 6. The first-order chi connectivity index (χ1) is 20.3. The molecule has 0 saturated carbocycles. The van der Waals surface area contributed by atoms with E-state index in [9.17, 15) is 45.7 Å². The fourth-order valence-electron chi connectivity index (χ4n) is 4.28. The van der Waals surface area contributed by atoms with Crippen LogP contribution in [0.1, 0.15) is 41.2 Å². The van der Waals surface area contributed by atoms with Gasteiger partial charge >= 0.3 is 12.4 Å². The number of methoxy groups -OCH3 is 1. The zero-order valence-corrected chi connectivity index (χ0v) is 23.8. The molecule has 0 fully saturated rings. The standard InChI is InChI=1S/C29H23ClF7N3O4/c1-26(2,42)18-12-21(40-24(22(18)30)14-4-7-17(31)8-5-14)27(43,29(35,36)37)13-38-25(41)16-10-15-6-9-20(28(32,33)34)39-23(15)19(11-16)44-3/h4-12,42-43H,13H2,1-3H3,(H,38,41). The van der Waals surface area contributed by atoms with E-state index in [-0.39, 0.29) is 44.1 Å². The minimum atomic E-state index is -5.45. The van der Waals surface area contributed by atoms with E-state index in [0.717, 1.165) is 43.5 Å². The van der Waals surface area contributed by atoms with Crippen molar-refractivity contribution in [2.75, 3.05) is 13.7 Å². The van der Waals surface area contributed by atoms with Gasteiger partial charge in [-0.3, -0.25) is 4.79 Å². The third kappa shape index (κ3) is 6.42. The molecule has 15 heteroatoms. The highest BCUT2D eigenvalue weighted by Gasteiger charge is 2.57. The van der Waals surface area contributed by atoms with Gasteiger partial charge in [0.1, 0.15) is 22.8 Å². The Hall–Kier alpha value is -4.01. The van der Waals surface area contributed by atoms with Crippen LogP contribution in [-0.4, -0.2) is 45.9 Å². The van der Waals surface area contributed by atoms with Gasteiger partial charge in [-0.25, -0.2) is 14.4 Å². The second-order valence-corrected chi connectivity index (χ2v) is 10.6. The van der Waals surface area contributed by atoms with Crippen LogP contribution in [0, 0.1) is 5.82 Å². The smallest absolute Gasteiger partial charge is 0.433 e. The normalized spacial score (nSPS) is 13.9. The number of aromatic nitrogens is 2. The van der Waals surface area contributed by atoms with Crippen molar-refractivity contribution in [1.29, 1.82) is 0 Å². The number of benzene rings is 2. The van der Waals surface area contributed by atoms with E-state index in [4.69, 9.17) is 16.3 Å². The zero-order valence-electron chi connectivity index (χ0n) is 23.0. The highest BCUT2D eigenvalue weighted by Crippen LogP contribution is 2.43. The van der Waals surface area contributed by atoms with Gasteiger partial charge in [-0.1, -0.05) is 17.7 Å². The van der Waals surface area contributed by atoms with E-state index in [1.807, 2.05) is 5.32 Å². The van der Waals surface area contributed by atoms with Crippen LogP contribution in [0.4, 0.5) is 30.7 Å². The van der Waals surface area contributed by atoms with Gasteiger partial charge < -0.3 is 20.3 Å². The zero-order chi connectivity index (χ0) is 32.8. The first-order valence-corrected chi connectivity index (χ1v) is 13.0. The molecule has 1 atom stereocenters. The Morgan fingerprint density at radius 3 is 2.11 bits per heavy atom. The van der Waals surface area contributed by atoms with Crippen LogP contribution in [0.15, 0.2) is 54.6 Å². The predicted molar refractivity (Wildman–Crippen MR) is 145 cm³/mol. The van der Waals surface area contributed by atoms with Gasteiger partial charge in [-0.2, -0.15) is 26.3 Å². The van der Waals surface area contributed by atoms with E-state index in [2.05, 4.69) is 9.97 Å². The van der Waals surface area contributed by atoms with Crippen molar-refractivity contribution in [2.24, 2.45) is 0 Å². The summed E-state index contributed by atoms with van der Waals surface area (Å²) in [6.45, 7) is 0.991. The number of carbonyl (C=O) groups excluding carboxylic acids is 1. The van der Waals surface area contributed by atoms with Crippen molar-refractivity contribution in [3.8, 4) is 17.0 Å². The molecule has 0 radical (unpaired) electrons. The van der Waals surface area contributed by atoms with Crippen molar-refractivity contribution in [3.63, 3.8) is 0 Å². The molecule has 1 amide bonds. The highest BCUT2D eigenvalue weighted by atomic mass is 35.5. The number of hydrogen-bond donors (Lipinski definition) is 3. The van der Waals surface area contributed by atoms with Crippen molar-refractivity contribution in [2.45, 2.75) is 37.4 Å². The van der Waals surface area contributed by atoms with Gasteiger partial charge in [-0.15, -0.1) is 0 Å². The number of nitrogens with one attached hydrogen (secondary N) is 1. The number of alkyl halides is 6. The topological polar surface area (TPSA) is 105 Å². The van der Waals surface area contributed by atoms with Gasteiger partial charge in [-0.05, 0) is 62.4 Å². The highest BCUT2D eigenvalue weighted by molar-refractivity contribution is 6.34. The molecule has 0 saturated heterocycles. The number of carbonyl (C=O) groups is 1. The average molecular weight is 646 g/mol. The third-order valence-electron chi connectivity index (χ3n) is 6.66. The molecule has 0 aliphatic heterocycles. The maximum Gasteiger partial charge on any atom is 0.433 e. The number of halogens is 8. The molecule has 44 heavy (non-hydrogen) atoms. The molecule has 2 heterocycles. The lowest BCUT2D eigenvalue weighted by Crippen LogP contribution is -2.51. The van der Waals surface area contributed by atoms with E-state index in [0.29, 0.717) is 6.07 Å². The molecule has 0 aliphatic rings. The lowest BCUT2D eigenvalue weighted by atomic mass is 9.90. The van der Waals surface area contributed by atoms with Gasteiger partial charge in [0, 0.05) is 22.1 Å². The Bertz CT molecular complexity index is 1720. The SMILES string of the molecule is COc1cc(C(=O)NCC(O)(c2cc(C(C)(C)O)c(Cl)c(-c3ccc(F)cc3)n2)C(F)(F)F)cc2ccc(C(F)(F)F)nc12. The minimum absolute atomic E-state index is 0.0201. The van der Waals surface area contributed by atoms with Crippen LogP contribution in [-0.2, 0) is 17.4 Å². The summed E-state index contributed by atoms with van der Waals surface area (Å²) >= 11 is 6.39. The predicted octanol–water partition coefficient (Wildman–Crippen LogP) is 6.52. The summed E-state index contributed by atoms with van der Waals surface area (Å²) in [5.74, 6) is -2.06. The fourth-order valence-corrected chi connectivity index (χ4v) is 4.72. The number of aliphatic hydroxyl groups is 2. The van der Waals surface area contributed by atoms with E-state index >= 15 is 0 Å². The molecular weight excluding hydrogens is 623 g/mol. The maximum atomic E-state index is 14.5. The summed E-state index contributed by atoms with van der Waals surface area (Å²) < 4.78 is 102. The lowest BCUT2D eigenvalue weighted by Gasteiger charge is -2.32. The number of ether oxygens (including phenoxy) is 1. The Balaban J connectivity index is 1.77. The van der Waals surface area contributed by atoms with E-state index in [1.165, 1.54) is 26.0 Å². The molecule has 3 N–H and O–H groups in total. The monoisotopic (exact) mass is 645 g/mol. The second-order valence-electron chi connectivity index (χ2n) is 10.3. The number of nitrogens with zero attached hydrogens (tertiary/aromatic N) is 2. The summed E-state index contributed by atoms with van der Waals surface area (Å²) in [4.78, 5) is 20.5. The third-order valence-corrected chi connectivity index (χ3v) is 7.04. The first kappa shape index (κ1) is 32.9. The molecule has 7 nitrogen and oxygen atoms in total. The quantitative estimate of drug-likeness (QED) is 0.198. The molecule has 2 aromatic carbocycles. The Labute approximate surface area is 250 Å². The van der Waals surface area contributed by atoms with Crippen LogP contribution in [0.3, 0.4) is 0 Å². The van der Waals surface area contributed by atoms with Gasteiger partial charge in [0.05, 0.1) is 35.7 Å². The summed E-state index contributed by atoms with van der Waals surface area (Å²) in [6, 6.07) is 8.90. The van der Waals surface area contributed by atoms with Crippen molar-refractivity contribution < 1.29 is 50.5 Å². The summed E-state index contributed by atoms with van der Waals surface area (Å²) in [7, 11) is 1.10. The van der Waals surface area contributed by atoms with Crippen LogP contribution in [0.25, 0.3) is 22.2 Å². The van der Waals surface area contributed by atoms with Crippen molar-refractivity contribution in [1.82, 2.24) is 15.3 Å². The van der Waals surface area contributed by atoms with Crippen LogP contribution in [0.5, 0.6) is 5.75 Å². The molecule has 4 rings (SSSR count). The van der Waals surface area contributed by atoms with E-state index in [1.54, 1.807) is 0 Å². The number of pyridine rings is 2. The minimum Gasteiger partial charge on any atom is -0.494 e. The molecule has 0 aliphatic carbocycles. The molecule has 2 aromatic heterocycles. The van der Waals surface area contributed by atoms with Gasteiger partial charge in [0.15, 0.2) is 0 Å². The molecule has 0 bridgehead atoms. The average Bonchev–Trinajstić information content (AvgIpc) is 2.93. The number of amides is 1. The first-order valence-electron chi connectivity index (χ1n) is 12.6. The molecule has 1 unspecified atom stereocenters. The van der Waals surface area contributed by atoms with E-state index < -0.39 is 53.2 Å². The number of rotatable bonds is 7. The largest absolute Gasteiger partial charge is 0.494 e. The Morgan fingerprint density at radius 2 is 1.57 bits per heavy atom. The maximum absolute atomic E-state index is 14.5. The van der Waals surface area contributed by atoms with Gasteiger partial charge in [0.2, 0.25) is 5.60 Å². The Morgan fingerprint density at radius 1 is 0.932 bits per heavy atom.